The molecule has 4 N–H and O–H groups in total. The zero-order chi connectivity index (χ0) is 21.6. The first-order valence-corrected chi connectivity index (χ1v) is 12.3. The van der Waals surface area contributed by atoms with Crippen LogP contribution in [0.25, 0.3) is 0 Å². The number of rotatable bonds is 22. The standard InChI is InChI=1S/C24H48N2O3/c1-2-3-4-5-6-7-8-9-10-11-12-13-14-15-16-20-23(27)26-21-18-17-19-22(25)24(28)29/h22H,2-21,25H2,1H3,(H,26,27)(H,28,29)/t22-/m1/s1. The summed E-state index contributed by atoms with van der Waals surface area (Å²) in [7, 11) is 0. The van der Waals surface area contributed by atoms with Crippen molar-refractivity contribution in [1.29, 1.82) is 0 Å². The highest BCUT2D eigenvalue weighted by atomic mass is 16.4. The summed E-state index contributed by atoms with van der Waals surface area (Å²) in [6.45, 7) is 2.88. The van der Waals surface area contributed by atoms with Crippen LogP contribution in [0.2, 0.25) is 0 Å². The quantitative estimate of drug-likeness (QED) is 0.192. The van der Waals surface area contributed by atoms with E-state index in [9.17, 15) is 9.59 Å². The van der Waals surface area contributed by atoms with Gasteiger partial charge in [-0.2, -0.15) is 0 Å². The van der Waals surface area contributed by atoms with Crippen LogP contribution in [0.3, 0.4) is 0 Å². The van der Waals surface area contributed by atoms with E-state index in [1.165, 1.54) is 83.5 Å². The van der Waals surface area contributed by atoms with E-state index < -0.39 is 12.0 Å². The van der Waals surface area contributed by atoms with Gasteiger partial charge in [0.05, 0.1) is 0 Å². The number of carbonyl (C=O) groups is 2. The van der Waals surface area contributed by atoms with Crippen molar-refractivity contribution < 1.29 is 14.7 Å². The lowest BCUT2D eigenvalue weighted by Crippen LogP contribution is -2.30. The minimum atomic E-state index is -0.956. The van der Waals surface area contributed by atoms with Crippen molar-refractivity contribution in [3.63, 3.8) is 0 Å². The Balaban J connectivity index is 3.20. The fourth-order valence-corrected chi connectivity index (χ4v) is 3.59. The van der Waals surface area contributed by atoms with E-state index >= 15 is 0 Å². The molecule has 0 aliphatic heterocycles. The zero-order valence-corrected chi connectivity index (χ0v) is 19.1. The summed E-state index contributed by atoms with van der Waals surface area (Å²) in [5.41, 5.74) is 5.44. The molecule has 1 amide bonds. The van der Waals surface area contributed by atoms with Gasteiger partial charge in [-0.3, -0.25) is 9.59 Å². The Hall–Kier alpha value is -1.10. The topological polar surface area (TPSA) is 92.4 Å². The number of nitrogens with one attached hydrogen (secondary N) is 1. The maximum absolute atomic E-state index is 11.8. The summed E-state index contributed by atoms with van der Waals surface area (Å²) in [6.07, 6.45) is 22.5. The van der Waals surface area contributed by atoms with Crippen molar-refractivity contribution in [3.8, 4) is 0 Å². The summed E-state index contributed by atoms with van der Waals surface area (Å²) in [6, 6.07) is -0.786. The molecule has 5 heteroatoms. The maximum atomic E-state index is 11.8. The SMILES string of the molecule is CCCCCCCCCCCCCCCCCC(=O)NCCCC[C@@H](N)C(=O)O. The van der Waals surface area contributed by atoms with Gasteiger partial charge in [0, 0.05) is 13.0 Å². The van der Waals surface area contributed by atoms with Crippen molar-refractivity contribution in [3.05, 3.63) is 0 Å². The third-order valence-electron chi connectivity index (χ3n) is 5.59. The minimum Gasteiger partial charge on any atom is -0.480 e. The van der Waals surface area contributed by atoms with Crippen LogP contribution >= 0.6 is 0 Å². The fourth-order valence-electron chi connectivity index (χ4n) is 3.59. The molecule has 1 atom stereocenters. The van der Waals surface area contributed by atoms with Crippen LogP contribution in [0.4, 0.5) is 0 Å². The summed E-state index contributed by atoms with van der Waals surface area (Å²) < 4.78 is 0. The second-order valence-corrected chi connectivity index (χ2v) is 8.49. The molecular weight excluding hydrogens is 364 g/mol. The monoisotopic (exact) mass is 412 g/mol. The van der Waals surface area contributed by atoms with E-state index in [0.29, 0.717) is 19.4 Å². The lowest BCUT2D eigenvalue weighted by atomic mass is 10.0. The number of aliphatic carboxylic acids is 1. The van der Waals surface area contributed by atoms with Gasteiger partial charge in [0.2, 0.25) is 5.91 Å². The molecule has 0 aromatic heterocycles. The largest absolute Gasteiger partial charge is 0.480 e. The molecular formula is C24H48N2O3. The van der Waals surface area contributed by atoms with E-state index in [1.807, 2.05) is 0 Å². The van der Waals surface area contributed by atoms with Gasteiger partial charge in [-0.25, -0.2) is 0 Å². The highest BCUT2D eigenvalue weighted by molar-refractivity contribution is 5.75. The van der Waals surface area contributed by atoms with Crippen molar-refractivity contribution in [2.24, 2.45) is 5.73 Å². The molecule has 0 saturated heterocycles. The number of hydrogen-bond acceptors (Lipinski definition) is 3. The molecule has 0 unspecified atom stereocenters. The van der Waals surface area contributed by atoms with E-state index in [-0.39, 0.29) is 5.91 Å². The molecule has 0 fully saturated rings. The van der Waals surface area contributed by atoms with Crippen molar-refractivity contribution in [2.75, 3.05) is 6.54 Å². The van der Waals surface area contributed by atoms with Gasteiger partial charge in [0.25, 0.3) is 0 Å². The molecule has 0 heterocycles. The minimum absolute atomic E-state index is 0.113. The van der Waals surface area contributed by atoms with Gasteiger partial charge < -0.3 is 16.2 Å². The Bertz CT molecular complexity index is 388. The van der Waals surface area contributed by atoms with E-state index in [1.54, 1.807) is 0 Å². The van der Waals surface area contributed by atoms with Crippen LogP contribution in [0.15, 0.2) is 0 Å². The molecule has 0 spiro atoms. The van der Waals surface area contributed by atoms with Crippen molar-refractivity contribution in [2.45, 2.75) is 135 Å². The normalized spacial score (nSPS) is 12.1. The second kappa shape index (κ2) is 21.6. The summed E-state index contributed by atoms with van der Waals surface area (Å²) >= 11 is 0. The Morgan fingerprint density at radius 2 is 1.17 bits per heavy atom. The van der Waals surface area contributed by atoms with Crippen LogP contribution in [0, 0.1) is 0 Å². The smallest absolute Gasteiger partial charge is 0.320 e. The molecule has 0 aromatic carbocycles. The fraction of sp³-hybridized carbons (Fsp3) is 0.917. The van der Waals surface area contributed by atoms with Gasteiger partial charge in [0.1, 0.15) is 6.04 Å². The highest BCUT2D eigenvalue weighted by Crippen LogP contribution is 2.13. The van der Waals surface area contributed by atoms with Crippen molar-refractivity contribution >= 4 is 11.9 Å². The first-order valence-electron chi connectivity index (χ1n) is 12.3. The maximum Gasteiger partial charge on any atom is 0.320 e. The molecule has 0 saturated carbocycles. The molecule has 0 aromatic rings. The van der Waals surface area contributed by atoms with E-state index in [4.69, 9.17) is 10.8 Å². The molecule has 0 aliphatic rings. The number of amides is 1. The van der Waals surface area contributed by atoms with Gasteiger partial charge in [-0.05, 0) is 25.7 Å². The van der Waals surface area contributed by atoms with E-state index in [0.717, 1.165) is 25.7 Å². The van der Waals surface area contributed by atoms with Crippen LogP contribution in [0.5, 0.6) is 0 Å². The molecule has 172 valence electrons. The molecule has 5 nitrogen and oxygen atoms in total. The lowest BCUT2D eigenvalue weighted by Gasteiger charge is -2.07. The Morgan fingerprint density at radius 1 is 0.724 bits per heavy atom. The van der Waals surface area contributed by atoms with Crippen LogP contribution in [-0.4, -0.2) is 29.6 Å². The van der Waals surface area contributed by atoms with Gasteiger partial charge in [-0.15, -0.1) is 0 Å². The number of unbranched alkanes of at least 4 members (excludes halogenated alkanes) is 15. The van der Waals surface area contributed by atoms with Gasteiger partial charge in [0.15, 0.2) is 0 Å². The van der Waals surface area contributed by atoms with Crippen LogP contribution < -0.4 is 11.1 Å². The molecule has 29 heavy (non-hydrogen) atoms. The molecule has 0 radical (unpaired) electrons. The highest BCUT2D eigenvalue weighted by Gasteiger charge is 2.10. The summed E-state index contributed by atoms with van der Waals surface area (Å²) in [5.74, 6) is -0.843. The predicted molar refractivity (Wildman–Crippen MR) is 122 cm³/mol. The van der Waals surface area contributed by atoms with Crippen LogP contribution in [-0.2, 0) is 9.59 Å². The Labute approximate surface area is 179 Å². The third-order valence-corrected chi connectivity index (χ3v) is 5.59. The number of carboxylic acid groups (broad SMARTS) is 1. The third kappa shape index (κ3) is 21.4. The number of carboxylic acids is 1. The zero-order valence-electron chi connectivity index (χ0n) is 19.1. The lowest BCUT2D eigenvalue weighted by molar-refractivity contribution is -0.138. The average molecular weight is 413 g/mol. The Kier molecular flexibility index (Phi) is 20.8. The first kappa shape index (κ1) is 27.9. The van der Waals surface area contributed by atoms with Crippen molar-refractivity contribution in [1.82, 2.24) is 5.32 Å². The summed E-state index contributed by atoms with van der Waals surface area (Å²) in [5, 5.41) is 11.6. The Morgan fingerprint density at radius 3 is 1.62 bits per heavy atom. The second-order valence-electron chi connectivity index (χ2n) is 8.49. The number of carbonyl (C=O) groups excluding carboxylic acids is 1. The van der Waals surface area contributed by atoms with E-state index in [2.05, 4.69) is 12.2 Å². The van der Waals surface area contributed by atoms with Crippen LogP contribution in [0.1, 0.15) is 129 Å². The van der Waals surface area contributed by atoms with Gasteiger partial charge >= 0.3 is 5.97 Å². The molecule has 0 aliphatic carbocycles. The summed E-state index contributed by atoms with van der Waals surface area (Å²) in [4.78, 5) is 22.3. The molecule has 0 bridgehead atoms. The molecule has 0 rings (SSSR count). The van der Waals surface area contributed by atoms with Gasteiger partial charge in [-0.1, -0.05) is 96.8 Å². The number of hydrogen-bond donors (Lipinski definition) is 3. The number of nitrogens with two attached hydrogens (primary N) is 1. The first-order chi connectivity index (χ1) is 14.1. The average Bonchev–Trinajstić information content (AvgIpc) is 2.70. The predicted octanol–water partition coefficient (Wildman–Crippen LogP) is 5.95.